The van der Waals surface area contributed by atoms with Crippen molar-refractivity contribution in [2.75, 3.05) is 25.6 Å². The highest BCUT2D eigenvalue weighted by Gasteiger charge is 2.67. The Kier molecular flexibility index (Phi) is 13.1. The number of carbonyl (C=O) groups excluding carboxylic acids is 4. The number of rotatable bonds is 15. The van der Waals surface area contributed by atoms with Crippen LogP contribution in [0.4, 0.5) is 9.93 Å². The van der Waals surface area contributed by atoms with E-state index in [0.717, 1.165) is 25.7 Å². The molecule has 1 aliphatic heterocycles. The number of carbonyl (C=O) groups is 4. The third kappa shape index (κ3) is 9.58. The van der Waals surface area contributed by atoms with Crippen LogP contribution >= 0.6 is 18.9 Å². The van der Waals surface area contributed by atoms with E-state index >= 15 is 0 Å². The summed E-state index contributed by atoms with van der Waals surface area (Å²) in [5.41, 5.74) is 0.641. The fourth-order valence-electron chi connectivity index (χ4n) is 7.59. The molecule has 0 bridgehead atoms. The van der Waals surface area contributed by atoms with Gasteiger partial charge in [0.05, 0.1) is 31.5 Å². The summed E-state index contributed by atoms with van der Waals surface area (Å²) >= 11 is 1.25. The number of anilines is 1. The second-order valence-corrected chi connectivity index (χ2v) is 19.7. The van der Waals surface area contributed by atoms with Crippen molar-refractivity contribution in [3.63, 3.8) is 0 Å². The number of aromatic nitrogens is 2. The molecule has 6 rings (SSSR count). The molecule has 2 saturated carbocycles. The predicted octanol–water partition coefficient (Wildman–Crippen LogP) is 6.63. The van der Waals surface area contributed by atoms with Crippen molar-refractivity contribution in [3.8, 4) is 22.9 Å². The molecule has 2 aromatic heterocycles. The van der Waals surface area contributed by atoms with Crippen LogP contribution < -0.4 is 25.4 Å². The summed E-state index contributed by atoms with van der Waals surface area (Å²) in [6.07, 6.45) is 3.30. The number of methoxy groups -OCH3 is 1. The van der Waals surface area contributed by atoms with Gasteiger partial charge in [-0.15, -0.1) is 17.9 Å². The van der Waals surface area contributed by atoms with Gasteiger partial charge in [0.25, 0.3) is 0 Å². The van der Waals surface area contributed by atoms with Crippen molar-refractivity contribution >= 4 is 58.8 Å². The van der Waals surface area contributed by atoms with Crippen molar-refractivity contribution in [3.05, 3.63) is 42.3 Å². The van der Waals surface area contributed by atoms with Gasteiger partial charge in [-0.05, 0) is 56.6 Å². The highest BCUT2D eigenvalue weighted by Crippen LogP contribution is 2.70. The van der Waals surface area contributed by atoms with Gasteiger partial charge >= 0.3 is 13.7 Å². The Labute approximate surface area is 348 Å². The third-order valence-electron chi connectivity index (χ3n) is 11.0. The van der Waals surface area contributed by atoms with Crippen LogP contribution in [0.1, 0.15) is 80.1 Å². The minimum absolute atomic E-state index is 0.00244. The minimum atomic E-state index is -4.38. The third-order valence-corrected chi connectivity index (χ3v) is 14.0. The van der Waals surface area contributed by atoms with E-state index in [2.05, 4.69) is 27.5 Å². The Balaban J connectivity index is 1.34. The molecule has 320 valence electrons. The number of nitrogens with zero attached hydrogens (tertiary/aromatic N) is 3. The molecule has 4 amide bonds. The Morgan fingerprint density at radius 3 is 2.47 bits per heavy atom. The maximum atomic E-state index is 14.7. The summed E-state index contributed by atoms with van der Waals surface area (Å²) in [5, 5.41) is 9.59. The van der Waals surface area contributed by atoms with Crippen LogP contribution in [0.5, 0.6) is 11.5 Å². The lowest BCUT2D eigenvalue weighted by molar-refractivity contribution is -0.142. The first-order valence-corrected chi connectivity index (χ1v) is 22.5. The number of benzene rings is 1. The molecule has 18 heteroatoms. The molecule has 16 nitrogen and oxygen atoms in total. The average molecular weight is 855 g/mol. The molecular weight excluding hydrogens is 800 g/mol. The molecule has 1 saturated heterocycles. The topological polar surface area (TPSA) is 208 Å². The number of hydrogen-bond acceptors (Lipinski definition) is 12. The molecule has 3 fully saturated rings. The smallest absolute Gasteiger partial charge is 0.408 e. The van der Waals surface area contributed by atoms with Crippen molar-refractivity contribution in [1.29, 1.82) is 0 Å². The molecule has 59 heavy (non-hydrogen) atoms. The van der Waals surface area contributed by atoms with Crippen LogP contribution in [0.25, 0.3) is 22.3 Å². The van der Waals surface area contributed by atoms with Crippen LogP contribution in [-0.4, -0.2) is 93.4 Å². The fraction of sp³-hybridized carbons (Fsp3) is 0.561. The monoisotopic (exact) mass is 854 g/mol. The summed E-state index contributed by atoms with van der Waals surface area (Å²) in [6, 6.07) is 4.75. The molecule has 6 atom stereocenters. The second-order valence-electron chi connectivity index (χ2n) is 16.7. The zero-order chi connectivity index (χ0) is 42.9. The highest BCUT2D eigenvalue weighted by molar-refractivity contribution is 7.55. The van der Waals surface area contributed by atoms with E-state index in [1.54, 1.807) is 78.3 Å². The van der Waals surface area contributed by atoms with E-state index in [-0.39, 0.29) is 43.9 Å². The number of amides is 4. The first-order chi connectivity index (χ1) is 27.9. The van der Waals surface area contributed by atoms with Crippen LogP contribution in [0, 0.1) is 17.3 Å². The normalized spacial score (nSPS) is 23.3. The van der Waals surface area contributed by atoms with E-state index in [1.165, 1.54) is 22.3 Å². The molecular formula is C41H55N6O10PS. The second kappa shape index (κ2) is 17.6. The maximum Gasteiger partial charge on any atom is 0.408 e. The zero-order valence-corrected chi connectivity index (χ0v) is 36.3. The van der Waals surface area contributed by atoms with E-state index in [9.17, 15) is 28.6 Å². The van der Waals surface area contributed by atoms with Gasteiger partial charge in [0.2, 0.25) is 17.7 Å². The molecule has 1 unspecified atom stereocenters. The molecule has 2 aliphatic carbocycles. The standard InChI is InChI=1S/C41H55N6O10PS/c1-9-24-20-41(24,58(52,53)55-10-2)46-36(49)32-18-27(21-47(32)37(50)34(40(5,6)7)44-39(51)57-25-13-11-12-14-25)56-33-19-30(42-29-17-26(54-8)15-16-28(29)33)31-22-59-38(43-31)45-35(48)23(3)4/h9,15-17,19,22-25,27,32,34H,1,10-14,18,20-21H2,2-8H3,(H,44,51)(H,46,49)(H,52,53)(H,43,45,48)/t24-,27-,32+,34-,41+/m1/s1. The van der Waals surface area contributed by atoms with Crippen molar-refractivity contribution < 1.29 is 47.4 Å². The van der Waals surface area contributed by atoms with Gasteiger partial charge in [-0.25, -0.2) is 14.8 Å². The van der Waals surface area contributed by atoms with E-state index in [1.807, 2.05) is 0 Å². The van der Waals surface area contributed by atoms with Gasteiger partial charge in [-0.3, -0.25) is 18.9 Å². The first kappa shape index (κ1) is 44.0. The average Bonchev–Trinajstić information content (AvgIpc) is 3.58. The largest absolute Gasteiger partial charge is 0.497 e. The first-order valence-electron chi connectivity index (χ1n) is 20.0. The van der Waals surface area contributed by atoms with Crippen LogP contribution in [0.3, 0.4) is 0 Å². The molecule has 0 spiro atoms. The Morgan fingerprint density at radius 2 is 1.85 bits per heavy atom. The SMILES string of the molecule is C=C[C@@H]1C[C@]1(NC(=O)[C@@H]1C[C@@H](Oc2cc(-c3csc(NC(=O)C(C)C)n3)nc3cc(OC)ccc23)CN1C(=O)[C@@H](NC(=O)OC1CCCC1)C(C)(C)C)P(=O)(O)OCC. The van der Waals surface area contributed by atoms with E-state index in [4.69, 9.17) is 23.7 Å². The predicted molar refractivity (Wildman–Crippen MR) is 223 cm³/mol. The number of hydrogen-bond donors (Lipinski definition) is 4. The zero-order valence-electron chi connectivity index (χ0n) is 34.6. The van der Waals surface area contributed by atoms with Crippen molar-refractivity contribution in [1.82, 2.24) is 25.5 Å². The number of alkyl carbamates (subject to hydrolysis) is 1. The number of ether oxygens (including phenoxy) is 3. The van der Waals surface area contributed by atoms with Crippen molar-refractivity contribution in [2.24, 2.45) is 17.3 Å². The lowest BCUT2D eigenvalue weighted by atomic mass is 9.85. The molecule has 3 aromatic rings. The Bertz CT molecular complexity index is 2130. The van der Waals surface area contributed by atoms with Gasteiger partial charge < -0.3 is 44.5 Å². The number of fused-ring (bicyclic) bond motifs is 1. The summed E-state index contributed by atoms with van der Waals surface area (Å²) < 4.78 is 36.7. The van der Waals surface area contributed by atoms with E-state index < -0.39 is 60.3 Å². The van der Waals surface area contributed by atoms with Gasteiger partial charge in [0, 0.05) is 41.2 Å². The quantitative estimate of drug-likeness (QED) is 0.0939. The number of thiazole rings is 1. The fourth-order valence-corrected chi connectivity index (χ4v) is 10.1. The van der Waals surface area contributed by atoms with Gasteiger partial charge in [-0.1, -0.05) is 40.7 Å². The van der Waals surface area contributed by atoms with Gasteiger partial charge in [0.15, 0.2) is 5.13 Å². The molecule has 0 radical (unpaired) electrons. The van der Waals surface area contributed by atoms with Crippen molar-refractivity contribution in [2.45, 2.75) is 110 Å². The lowest BCUT2D eigenvalue weighted by Crippen LogP contribution is -2.58. The van der Waals surface area contributed by atoms with Crippen LogP contribution in [0.2, 0.25) is 0 Å². The Morgan fingerprint density at radius 1 is 1.12 bits per heavy atom. The van der Waals surface area contributed by atoms with Gasteiger partial charge in [0.1, 0.15) is 46.8 Å². The Hall–Kier alpha value is -4.57. The maximum absolute atomic E-state index is 14.7. The minimum Gasteiger partial charge on any atom is -0.497 e. The summed E-state index contributed by atoms with van der Waals surface area (Å²) in [5.74, 6) is -1.23. The molecule has 4 N–H and O–H groups in total. The molecule has 3 heterocycles. The summed E-state index contributed by atoms with van der Waals surface area (Å²) in [7, 11) is -2.84. The number of nitrogens with one attached hydrogen (secondary N) is 3. The van der Waals surface area contributed by atoms with E-state index in [0.29, 0.717) is 38.9 Å². The highest BCUT2D eigenvalue weighted by atomic mass is 32.1. The number of likely N-dealkylation sites (tertiary alicyclic amines) is 1. The number of pyridine rings is 1. The summed E-state index contributed by atoms with van der Waals surface area (Å²) in [6.45, 7) is 14.2. The summed E-state index contributed by atoms with van der Waals surface area (Å²) in [4.78, 5) is 76.6. The van der Waals surface area contributed by atoms with Crippen LogP contribution in [-0.2, 0) is 28.2 Å². The molecule has 3 aliphatic rings. The van der Waals surface area contributed by atoms with Crippen LogP contribution in [0.15, 0.2) is 42.3 Å². The van der Waals surface area contributed by atoms with Gasteiger partial charge in [-0.2, -0.15) is 0 Å². The molecule has 1 aromatic carbocycles. The lowest BCUT2D eigenvalue weighted by Gasteiger charge is -2.35.